The fourth-order valence-electron chi connectivity index (χ4n) is 3.52. The van der Waals surface area contributed by atoms with E-state index in [0.717, 1.165) is 12.5 Å². The summed E-state index contributed by atoms with van der Waals surface area (Å²) in [6, 6.07) is 0.422. The van der Waals surface area contributed by atoms with Gasteiger partial charge >= 0.3 is 0 Å². The molecule has 1 saturated carbocycles. The zero-order valence-corrected chi connectivity index (χ0v) is 12.3. The molecule has 1 aliphatic rings. The van der Waals surface area contributed by atoms with Gasteiger partial charge in [0, 0.05) is 11.6 Å². The standard InChI is InChI=1S/C15H30N2/c1-7-16-14(12(2)3)15(17(5)6)10-8-9-13(4)11-15/h13-14,16H,2,7-11H2,1,3-6H3. The Morgan fingerprint density at radius 2 is 2.18 bits per heavy atom. The maximum absolute atomic E-state index is 4.21. The molecule has 0 spiro atoms. The second-order valence-corrected chi connectivity index (χ2v) is 6.04. The number of rotatable bonds is 5. The monoisotopic (exact) mass is 238 g/mol. The average Bonchev–Trinajstić information content (AvgIpc) is 2.25. The molecule has 0 aromatic carbocycles. The lowest BCUT2D eigenvalue weighted by Gasteiger charge is -2.50. The number of hydrogen-bond donors (Lipinski definition) is 1. The average molecular weight is 238 g/mol. The van der Waals surface area contributed by atoms with Crippen LogP contribution in [0.2, 0.25) is 0 Å². The van der Waals surface area contributed by atoms with E-state index in [4.69, 9.17) is 0 Å². The van der Waals surface area contributed by atoms with Gasteiger partial charge in [-0.05, 0) is 46.3 Å². The number of nitrogens with zero attached hydrogens (tertiary/aromatic N) is 1. The Bertz CT molecular complexity index is 260. The van der Waals surface area contributed by atoms with E-state index >= 15 is 0 Å². The maximum Gasteiger partial charge on any atom is 0.0460 e. The molecule has 0 amide bonds. The second-order valence-electron chi connectivity index (χ2n) is 6.04. The molecule has 0 radical (unpaired) electrons. The Morgan fingerprint density at radius 1 is 1.53 bits per heavy atom. The molecule has 1 rings (SSSR count). The van der Waals surface area contributed by atoms with Crippen molar-refractivity contribution in [2.75, 3.05) is 20.6 Å². The summed E-state index contributed by atoms with van der Waals surface area (Å²) < 4.78 is 0. The molecule has 0 heterocycles. The summed E-state index contributed by atoms with van der Waals surface area (Å²) in [7, 11) is 4.46. The highest BCUT2D eigenvalue weighted by atomic mass is 15.2. The first-order valence-corrected chi connectivity index (χ1v) is 7.00. The van der Waals surface area contributed by atoms with Gasteiger partial charge in [0.1, 0.15) is 0 Å². The van der Waals surface area contributed by atoms with Crippen LogP contribution < -0.4 is 5.32 Å². The molecular formula is C15H30N2. The van der Waals surface area contributed by atoms with Gasteiger partial charge in [-0.2, -0.15) is 0 Å². The number of nitrogens with one attached hydrogen (secondary N) is 1. The van der Waals surface area contributed by atoms with Gasteiger partial charge in [-0.25, -0.2) is 0 Å². The molecule has 2 nitrogen and oxygen atoms in total. The zero-order chi connectivity index (χ0) is 13.1. The molecule has 1 fully saturated rings. The molecule has 1 aliphatic carbocycles. The van der Waals surface area contributed by atoms with Crippen molar-refractivity contribution in [3.63, 3.8) is 0 Å². The normalized spacial score (nSPS) is 31.5. The Hall–Kier alpha value is -0.340. The van der Waals surface area contributed by atoms with Crippen LogP contribution in [0.1, 0.15) is 46.5 Å². The Balaban J connectivity index is 2.99. The van der Waals surface area contributed by atoms with Crippen molar-refractivity contribution < 1.29 is 0 Å². The lowest BCUT2D eigenvalue weighted by atomic mass is 9.69. The van der Waals surface area contributed by atoms with Crippen LogP contribution >= 0.6 is 0 Å². The highest BCUT2D eigenvalue weighted by Gasteiger charge is 2.43. The topological polar surface area (TPSA) is 15.3 Å². The lowest BCUT2D eigenvalue weighted by molar-refractivity contribution is 0.0496. The van der Waals surface area contributed by atoms with Crippen LogP contribution in [0.25, 0.3) is 0 Å². The van der Waals surface area contributed by atoms with Crippen LogP contribution in [0.3, 0.4) is 0 Å². The van der Waals surface area contributed by atoms with Crippen molar-refractivity contribution in [3.8, 4) is 0 Å². The predicted molar refractivity (Wildman–Crippen MR) is 76.3 cm³/mol. The highest BCUT2D eigenvalue weighted by molar-refractivity contribution is 5.15. The van der Waals surface area contributed by atoms with Crippen LogP contribution in [-0.2, 0) is 0 Å². The molecule has 2 heteroatoms. The van der Waals surface area contributed by atoms with E-state index in [1.807, 2.05) is 0 Å². The summed E-state index contributed by atoms with van der Waals surface area (Å²) in [5.41, 5.74) is 1.54. The van der Waals surface area contributed by atoms with Gasteiger partial charge in [-0.15, -0.1) is 0 Å². The molecule has 0 bridgehead atoms. The molecule has 0 aromatic rings. The van der Waals surface area contributed by atoms with Crippen LogP contribution in [0.15, 0.2) is 12.2 Å². The molecular weight excluding hydrogens is 208 g/mol. The van der Waals surface area contributed by atoms with E-state index < -0.39 is 0 Å². The highest BCUT2D eigenvalue weighted by Crippen LogP contribution is 2.39. The van der Waals surface area contributed by atoms with Crippen molar-refractivity contribution in [1.29, 1.82) is 0 Å². The summed E-state index contributed by atoms with van der Waals surface area (Å²) in [6.07, 6.45) is 5.29. The molecule has 0 aromatic heterocycles. The van der Waals surface area contributed by atoms with Crippen molar-refractivity contribution in [2.45, 2.75) is 58.0 Å². The summed E-state index contributed by atoms with van der Waals surface area (Å²) in [6.45, 7) is 12.0. The first-order valence-electron chi connectivity index (χ1n) is 7.00. The van der Waals surface area contributed by atoms with Crippen molar-refractivity contribution in [3.05, 3.63) is 12.2 Å². The lowest BCUT2D eigenvalue weighted by Crippen LogP contribution is -2.61. The predicted octanol–water partition coefficient (Wildman–Crippen LogP) is 3.05. The van der Waals surface area contributed by atoms with Crippen molar-refractivity contribution >= 4 is 0 Å². The summed E-state index contributed by atoms with van der Waals surface area (Å²) in [5.74, 6) is 0.826. The third kappa shape index (κ3) is 3.11. The molecule has 17 heavy (non-hydrogen) atoms. The van der Waals surface area contributed by atoms with Gasteiger partial charge in [0.25, 0.3) is 0 Å². The van der Waals surface area contributed by atoms with Gasteiger partial charge < -0.3 is 10.2 Å². The van der Waals surface area contributed by atoms with Crippen LogP contribution in [0, 0.1) is 5.92 Å². The van der Waals surface area contributed by atoms with Gasteiger partial charge in [0.15, 0.2) is 0 Å². The van der Waals surface area contributed by atoms with E-state index in [1.54, 1.807) is 0 Å². The Kier molecular flexibility index (Phi) is 5.21. The van der Waals surface area contributed by atoms with Crippen LogP contribution in [0.5, 0.6) is 0 Å². The molecule has 1 N–H and O–H groups in total. The number of hydrogen-bond acceptors (Lipinski definition) is 2. The first kappa shape index (κ1) is 14.7. The first-order chi connectivity index (χ1) is 7.94. The van der Waals surface area contributed by atoms with Crippen LogP contribution in [-0.4, -0.2) is 37.1 Å². The minimum Gasteiger partial charge on any atom is -0.309 e. The van der Waals surface area contributed by atoms with E-state index in [9.17, 15) is 0 Å². The van der Waals surface area contributed by atoms with Gasteiger partial charge in [0.2, 0.25) is 0 Å². The van der Waals surface area contributed by atoms with E-state index in [1.165, 1.54) is 31.3 Å². The minimum absolute atomic E-state index is 0.263. The number of likely N-dealkylation sites (N-methyl/N-ethyl adjacent to an activating group) is 2. The third-order valence-electron chi connectivity index (χ3n) is 4.34. The fraction of sp³-hybridized carbons (Fsp3) is 0.867. The quantitative estimate of drug-likeness (QED) is 0.741. The van der Waals surface area contributed by atoms with Gasteiger partial charge in [0.05, 0.1) is 0 Å². The van der Waals surface area contributed by atoms with Crippen LogP contribution in [0.4, 0.5) is 0 Å². The Labute approximate surface area is 107 Å². The SMILES string of the molecule is C=C(C)C(NCC)C1(N(C)C)CCCC(C)C1. The largest absolute Gasteiger partial charge is 0.309 e. The molecule has 0 aliphatic heterocycles. The third-order valence-corrected chi connectivity index (χ3v) is 4.34. The van der Waals surface area contributed by atoms with E-state index in [2.05, 4.69) is 51.7 Å². The van der Waals surface area contributed by atoms with Gasteiger partial charge in [-0.3, -0.25) is 0 Å². The van der Waals surface area contributed by atoms with E-state index in [-0.39, 0.29) is 5.54 Å². The molecule has 0 saturated heterocycles. The smallest absolute Gasteiger partial charge is 0.0460 e. The summed E-state index contributed by atoms with van der Waals surface area (Å²) in [4.78, 5) is 2.44. The summed E-state index contributed by atoms with van der Waals surface area (Å²) >= 11 is 0. The molecule has 3 atom stereocenters. The molecule has 100 valence electrons. The second kappa shape index (κ2) is 6.01. The zero-order valence-electron chi connectivity index (χ0n) is 12.3. The van der Waals surface area contributed by atoms with Crippen molar-refractivity contribution in [1.82, 2.24) is 10.2 Å². The maximum atomic E-state index is 4.21. The minimum atomic E-state index is 0.263. The fourth-order valence-corrected chi connectivity index (χ4v) is 3.52. The molecule has 3 unspecified atom stereocenters. The van der Waals surface area contributed by atoms with E-state index in [0.29, 0.717) is 6.04 Å². The summed E-state index contributed by atoms with van der Waals surface area (Å²) in [5, 5.41) is 3.65. The Morgan fingerprint density at radius 3 is 2.59 bits per heavy atom. The van der Waals surface area contributed by atoms with Gasteiger partial charge in [-0.1, -0.05) is 38.8 Å². The van der Waals surface area contributed by atoms with Crippen molar-refractivity contribution in [2.24, 2.45) is 5.92 Å².